The van der Waals surface area contributed by atoms with Crippen molar-refractivity contribution in [2.24, 2.45) is 5.92 Å². The van der Waals surface area contributed by atoms with Crippen LogP contribution in [0.5, 0.6) is 0 Å². The van der Waals surface area contributed by atoms with Crippen LogP contribution in [0, 0.1) is 5.92 Å². The molecule has 1 atom stereocenters. The van der Waals surface area contributed by atoms with Gasteiger partial charge < -0.3 is 5.32 Å². The van der Waals surface area contributed by atoms with Crippen LogP contribution in [0.1, 0.15) is 19.8 Å². The third kappa shape index (κ3) is 2.64. The minimum absolute atomic E-state index is 0.127. The number of hydrogen-bond acceptors (Lipinski definition) is 3. The van der Waals surface area contributed by atoms with Crippen molar-refractivity contribution in [3.05, 3.63) is 0 Å². The van der Waals surface area contributed by atoms with Crippen LogP contribution in [0.4, 0.5) is 4.79 Å². The summed E-state index contributed by atoms with van der Waals surface area (Å²) in [6.07, 6.45) is 2.05. The van der Waals surface area contributed by atoms with Crippen LogP contribution in [-0.4, -0.2) is 35.7 Å². The summed E-state index contributed by atoms with van der Waals surface area (Å²) in [7, 11) is 0. The molecular weight excluding hydrogens is 200 g/mol. The van der Waals surface area contributed by atoms with Gasteiger partial charge in [0.05, 0.1) is 6.54 Å². The molecule has 1 aliphatic rings. The van der Waals surface area contributed by atoms with Crippen molar-refractivity contribution in [2.75, 3.05) is 18.8 Å². The fourth-order valence-corrected chi connectivity index (χ4v) is 1.84. The zero-order valence-corrected chi connectivity index (χ0v) is 9.22. The van der Waals surface area contributed by atoms with E-state index >= 15 is 0 Å². The molecule has 1 heterocycles. The first-order chi connectivity index (χ1) is 6.69. The molecule has 1 rings (SSSR count). The smallest absolute Gasteiger partial charge is 0.324 e. The first-order valence-corrected chi connectivity index (χ1v) is 5.51. The highest BCUT2D eigenvalue weighted by molar-refractivity contribution is 7.80. The number of urea groups is 1. The molecule has 0 aromatic rings. The van der Waals surface area contributed by atoms with Gasteiger partial charge >= 0.3 is 6.03 Å². The average molecular weight is 216 g/mol. The second kappa shape index (κ2) is 5.24. The lowest BCUT2D eigenvalue weighted by Gasteiger charge is -2.19. The third-order valence-electron chi connectivity index (χ3n) is 2.33. The number of thiol groups is 1. The van der Waals surface area contributed by atoms with Gasteiger partial charge in [0, 0.05) is 6.54 Å². The van der Waals surface area contributed by atoms with Gasteiger partial charge in [-0.3, -0.25) is 9.69 Å². The minimum Gasteiger partial charge on any atom is -0.329 e. The summed E-state index contributed by atoms with van der Waals surface area (Å²) in [5, 5.41) is 2.50. The van der Waals surface area contributed by atoms with E-state index in [1.165, 1.54) is 4.90 Å². The Labute approximate surface area is 89.4 Å². The van der Waals surface area contributed by atoms with Crippen LogP contribution >= 0.6 is 12.6 Å². The van der Waals surface area contributed by atoms with Gasteiger partial charge in [0.2, 0.25) is 5.91 Å². The fraction of sp³-hybridized carbons (Fsp3) is 0.778. The number of rotatable bonds is 5. The summed E-state index contributed by atoms with van der Waals surface area (Å²) in [6, 6.07) is -0.266. The molecule has 0 bridgehead atoms. The molecule has 1 saturated heterocycles. The van der Waals surface area contributed by atoms with Crippen LogP contribution in [0.15, 0.2) is 0 Å². The summed E-state index contributed by atoms with van der Waals surface area (Å²) < 4.78 is 0. The largest absolute Gasteiger partial charge is 0.329 e. The van der Waals surface area contributed by atoms with Crippen molar-refractivity contribution < 1.29 is 9.59 Å². The van der Waals surface area contributed by atoms with Crippen LogP contribution in [0.3, 0.4) is 0 Å². The number of nitrogens with one attached hydrogen (secondary N) is 1. The van der Waals surface area contributed by atoms with E-state index in [9.17, 15) is 9.59 Å². The molecule has 5 heteroatoms. The van der Waals surface area contributed by atoms with Crippen LogP contribution in [-0.2, 0) is 4.79 Å². The number of hydrogen-bond donors (Lipinski definition) is 2. The number of carbonyl (C=O) groups excluding carboxylic acids is 2. The molecule has 80 valence electrons. The molecule has 0 spiro atoms. The van der Waals surface area contributed by atoms with E-state index in [4.69, 9.17) is 0 Å². The summed E-state index contributed by atoms with van der Waals surface area (Å²) in [4.78, 5) is 23.8. The highest BCUT2D eigenvalue weighted by Crippen LogP contribution is 2.12. The second-order valence-electron chi connectivity index (χ2n) is 3.50. The van der Waals surface area contributed by atoms with Crippen molar-refractivity contribution in [1.82, 2.24) is 10.2 Å². The first-order valence-electron chi connectivity index (χ1n) is 4.88. The molecule has 3 amide bonds. The molecule has 0 aromatic heterocycles. The van der Waals surface area contributed by atoms with Gasteiger partial charge in [-0.15, -0.1) is 0 Å². The maximum absolute atomic E-state index is 11.3. The monoisotopic (exact) mass is 216 g/mol. The van der Waals surface area contributed by atoms with E-state index < -0.39 is 0 Å². The van der Waals surface area contributed by atoms with Crippen LogP contribution in [0.2, 0.25) is 0 Å². The third-order valence-corrected chi connectivity index (χ3v) is 2.85. The van der Waals surface area contributed by atoms with Gasteiger partial charge in [-0.1, -0.05) is 13.3 Å². The molecular formula is C9H16N2O2S. The summed E-state index contributed by atoms with van der Waals surface area (Å²) >= 11 is 4.21. The molecule has 1 fully saturated rings. The summed E-state index contributed by atoms with van der Waals surface area (Å²) in [6.45, 7) is 2.73. The SMILES string of the molecule is CCCC(CS)CN1C(=O)CNC1=O. The Morgan fingerprint density at radius 1 is 1.57 bits per heavy atom. The normalized spacial score (nSPS) is 18.6. The summed E-state index contributed by atoms with van der Waals surface area (Å²) in [5.41, 5.74) is 0. The second-order valence-corrected chi connectivity index (χ2v) is 3.87. The van der Waals surface area contributed by atoms with Gasteiger partial charge in [0.15, 0.2) is 0 Å². The molecule has 0 aliphatic carbocycles. The van der Waals surface area contributed by atoms with Gasteiger partial charge in [-0.2, -0.15) is 12.6 Å². The van der Waals surface area contributed by atoms with Crippen molar-refractivity contribution in [3.8, 4) is 0 Å². The minimum atomic E-state index is -0.266. The Balaban J connectivity index is 2.48. The predicted octanol–water partition coefficient (Wildman–Crippen LogP) is 0.884. The number of carbonyl (C=O) groups is 2. The maximum atomic E-state index is 11.3. The Kier molecular flexibility index (Phi) is 4.25. The fourth-order valence-electron chi connectivity index (χ4n) is 1.55. The molecule has 0 aromatic carbocycles. The highest BCUT2D eigenvalue weighted by atomic mass is 32.1. The Morgan fingerprint density at radius 2 is 2.29 bits per heavy atom. The van der Waals surface area contributed by atoms with Crippen LogP contribution < -0.4 is 5.32 Å². The van der Waals surface area contributed by atoms with Crippen molar-refractivity contribution in [1.29, 1.82) is 0 Å². The molecule has 0 saturated carbocycles. The van der Waals surface area contributed by atoms with Crippen molar-refractivity contribution in [2.45, 2.75) is 19.8 Å². The number of nitrogens with zero attached hydrogens (tertiary/aromatic N) is 1. The van der Waals surface area contributed by atoms with E-state index in [2.05, 4.69) is 24.9 Å². The van der Waals surface area contributed by atoms with Gasteiger partial charge in [-0.05, 0) is 18.1 Å². The van der Waals surface area contributed by atoms with E-state index in [-0.39, 0.29) is 18.5 Å². The van der Waals surface area contributed by atoms with Gasteiger partial charge in [-0.25, -0.2) is 4.79 Å². The van der Waals surface area contributed by atoms with E-state index in [1.807, 2.05) is 0 Å². The molecule has 14 heavy (non-hydrogen) atoms. The standard InChI is InChI=1S/C9H16N2O2S/c1-2-3-7(6-14)5-11-8(12)4-10-9(11)13/h7,14H,2-6H2,1H3,(H,10,13). The highest BCUT2D eigenvalue weighted by Gasteiger charge is 2.29. The summed E-state index contributed by atoms with van der Waals surface area (Å²) in [5.74, 6) is 0.902. The Hall–Kier alpha value is -0.710. The quantitative estimate of drug-likeness (QED) is 0.529. The topological polar surface area (TPSA) is 49.4 Å². The van der Waals surface area contributed by atoms with Gasteiger partial charge in [0.25, 0.3) is 0 Å². The molecule has 0 radical (unpaired) electrons. The zero-order valence-electron chi connectivity index (χ0n) is 8.32. The number of amides is 3. The van der Waals surface area contributed by atoms with E-state index in [0.717, 1.165) is 12.8 Å². The molecule has 4 nitrogen and oxygen atoms in total. The lowest BCUT2D eigenvalue weighted by molar-refractivity contribution is -0.125. The van der Waals surface area contributed by atoms with Crippen molar-refractivity contribution in [3.63, 3.8) is 0 Å². The lowest BCUT2D eigenvalue weighted by atomic mass is 10.1. The Bertz CT molecular complexity index is 217. The molecule has 1 unspecified atom stereocenters. The van der Waals surface area contributed by atoms with Crippen molar-refractivity contribution >= 4 is 24.6 Å². The Morgan fingerprint density at radius 3 is 2.71 bits per heavy atom. The van der Waals surface area contributed by atoms with Crippen LogP contribution in [0.25, 0.3) is 0 Å². The number of imide groups is 1. The molecule has 1 aliphatic heterocycles. The average Bonchev–Trinajstić information content (AvgIpc) is 2.48. The predicted molar refractivity (Wildman–Crippen MR) is 57.4 cm³/mol. The maximum Gasteiger partial charge on any atom is 0.324 e. The molecule has 1 N–H and O–H groups in total. The first kappa shape index (κ1) is 11.4. The van der Waals surface area contributed by atoms with Gasteiger partial charge in [0.1, 0.15) is 0 Å². The van der Waals surface area contributed by atoms with E-state index in [1.54, 1.807) is 0 Å². The lowest BCUT2D eigenvalue weighted by Crippen LogP contribution is -2.36. The van der Waals surface area contributed by atoms with E-state index in [0.29, 0.717) is 18.2 Å². The zero-order chi connectivity index (χ0) is 10.6.